The second kappa shape index (κ2) is 6.23. The molecule has 2 N–H and O–H groups in total. The topological polar surface area (TPSA) is 83.0 Å². The third kappa shape index (κ3) is 2.95. The maximum atomic E-state index is 12.8. The fourth-order valence-corrected chi connectivity index (χ4v) is 2.30. The summed E-state index contributed by atoms with van der Waals surface area (Å²) in [7, 11) is 0. The summed E-state index contributed by atoms with van der Waals surface area (Å²) in [5, 5.41) is 10.3. The van der Waals surface area contributed by atoms with Crippen LogP contribution in [0.25, 0.3) is 10.8 Å². The van der Waals surface area contributed by atoms with Crippen molar-refractivity contribution in [2.75, 3.05) is 12.3 Å². The van der Waals surface area contributed by atoms with Gasteiger partial charge in [0.15, 0.2) is 0 Å². The second-order valence-corrected chi connectivity index (χ2v) is 5.10. The number of amides is 1. The Morgan fingerprint density at radius 1 is 1.38 bits per heavy atom. The lowest BCUT2D eigenvalue weighted by Gasteiger charge is -2.26. The Morgan fingerprint density at radius 2 is 2.05 bits per heavy atom. The van der Waals surface area contributed by atoms with Gasteiger partial charge < -0.3 is 10.6 Å². The molecular formula is C16H18N4O. The van der Waals surface area contributed by atoms with E-state index in [0.29, 0.717) is 24.3 Å². The average molecular weight is 282 g/mol. The molecule has 2 aromatic rings. The molecule has 108 valence electrons. The van der Waals surface area contributed by atoms with Crippen molar-refractivity contribution >= 4 is 22.5 Å². The third-order valence-corrected chi connectivity index (χ3v) is 3.41. The molecule has 0 aliphatic rings. The molecule has 1 heterocycles. The number of pyridine rings is 1. The van der Waals surface area contributed by atoms with Gasteiger partial charge in [0.1, 0.15) is 5.82 Å². The Balaban J connectivity index is 2.48. The predicted molar refractivity (Wildman–Crippen MR) is 82.6 cm³/mol. The van der Waals surface area contributed by atoms with E-state index in [4.69, 9.17) is 11.0 Å². The van der Waals surface area contributed by atoms with Gasteiger partial charge in [-0.25, -0.2) is 4.98 Å². The van der Waals surface area contributed by atoms with Crippen LogP contribution in [-0.4, -0.2) is 28.4 Å². The smallest absolute Gasteiger partial charge is 0.256 e. The minimum atomic E-state index is -0.121. The van der Waals surface area contributed by atoms with Crippen molar-refractivity contribution < 1.29 is 4.79 Å². The molecule has 0 radical (unpaired) electrons. The van der Waals surface area contributed by atoms with Crippen molar-refractivity contribution in [2.24, 2.45) is 0 Å². The van der Waals surface area contributed by atoms with Crippen molar-refractivity contribution in [3.05, 3.63) is 36.0 Å². The first-order valence-electron chi connectivity index (χ1n) is 6.87. The molecule has 0 fully saturated rings. The van der Waals surface area contributed by atoms with E-state index < -0.39 is 0 Å². The van der Waals surface area contributed by atoms with E-state index in [1.807, 2.05) is 38.1 Å². The molecule has 5 nitrogen and oxygen atoms in total. The molecule has 0 bridgehead atoms. The van der Waals surface area contributed by atoms with Crippen LogP contribution < -0.4 is 5.73 Å². The zero-order valence-corrected chi connectivity index (χ0v) is 12.2. The number of nitrogens with zero attached hydrogens (tertiary/aromatic N) is 3. The minimum absolute atomic E-state index is 0.0159. The summed E-state index contributed by atoms with van der Waals surface area (Å²) in [4.78, 5) is 18.6. The number of nitrogens with two attached hydrogens (primary N) is 1. The summed E-state index contributed by atoms with van der Waals surface area (Å²) >= 11 is 0. The summed E-state index contributed by atoms with van der Waals surface area (Å²) in [5.74, 6) is 0.291. The van der Waals surface area contributed by atoms with Gasteiger partial charge in [0.25, 0.3) is 5.91 Å². The Bertz CT molecular complexity index is 703. The molecular weight excluding hydrogens is 264 g/mol. The lowest BCUT2D eigenvalue weighted by atomic mass is 10.1. The summed E-state index contributed by atoms with van der Waals surface area (Å²) in [6.07, 6.45) is 1.83. The first-order chi connectivity index (χ1) is 10.1. The van der Waals surface area contributed by atoms with Gasteiger partial charge in [-0.15, -0.1) is 0 Å². The molecule has 0 unspecified atom stereocenters. The normalized spacial score (nSPS) is 10.6. The Labute approximate surface area is 124 Å². The highest BCUT2D eigenvalue weighted by Crippen LogP contribution is 2.24. The second-order valence-electron chi connectivity index (χ2n) is 5.10. The Kier molecular flexibility index (Phi) is 4.39. The molecule has 0 aliphatic carbocycles. The number of fused-ring (bicyclic) bond motifs is 1. The summed E-state index contributed by atoms with van der Waals surface area (Å²) in [5.41, 5.74) is 6.38. The SMILES string of the molecule is CC(C)N(CCC#N)C(=O)c1cnc(N)c2ccccc12. The maximum absolute atomic E-state index is 12.8. The fraction of sp³-hybridized carbons (Fsp3) is 0.312. The van der Waals surface area contributed by atoms with Gasteiger partial charge >= 0.3 is 0 Å². The average Bonchev–Trinajstić information content (AvgIpc) is 2.48. The Hall–Kier alpha value is -2.61. The number of carbonyl (C=O) groups excluding carboxylic acids is 1. The summed E-state index contributed by atoms with van der Waals surface area (Å²) in [6.45, 7) is 4.27. The van der Waals surface area contributed by atoms with E-state index in [1.54, 1.807) is 4.90 Å². The molecule has 0 atom stereocenters. The quantitative estimate of drug-likeness (QED) is 0.934. The maximum Gasteiger partial charge on any atom is 0.256 e. The minimum Gasteiger partial charge on any atom is -0.383 e. The van der Waals surface area contributed by atoms with Gasteiger partial charge in [0, 0.05) is 24.2 Å². The van der Waals surface area contributed by atoms with E-state index in [-0.39, 0.29) is 11.9 Å². The van der Waals surface area contributed by atoms with Crippen LogP contribution in [-0.2, 0) is 0 Å². The van der Waals surface area contributed by atoms with Gasteiger partial charge in [0.05, 0.1) is 18.1 Å². The van der Waals surface area contributed by atoms with Crippen molar-refractivity contribution in [1.82, 2.24) is 9.88 Å². The van der Waals surface area contributed by atoms with Crippen LogP contribution in [0, 0.1) is 11.3 Å². The number of carbonyl (C=O) groups is 1. The molecule has 5 heteroatoms. The number of rotatable bonds is 4. The molecule has 0 saturated carbocycles. The highest BCUT2D eigenvalue weighted by Gasteiger charge is 2.21. The molecule has 1 aromatic heterocycles. The van der Waals surface area contributed by atoms with E-state index in [9.17, 15) is 4.79 Å². The molecule has 1 aromatic carbocycles. The van der Waals surface area contributed by atoms with E-state index in [1.165, 1.54) is 6.20 Å². The van der Waals surface area contributed by atoms with Gasteiger partial charge in [-0.2, -0.15) is 5.26 Å². The molecule has 0 aliphatic heterocycles. The van der Waals surface area contributed by atoms with Gasteiger partial charge in [-0.3, -0.25) is 4.79 Å². The highest BCUT2D eigenvalue weighted by atomic mass is 16.2. The summed E-state index contributed by atoms with van der Waals surface area (Å²) in [6, 6.07) is 9.54. The molecule has 0 saturated heterocycles. The zero-order valence-electron chi connectivity index (χ0n) is 12.2. The van der Waals surface area contributed by atoms with E-state index in [0.717, 1.165) is 10.8 Å². The predicted octanol–water partition coefficient (Wildman–Crippen LogP) is 2.58. The molecule has 21 heavy (non-hydrogen) atoms. The van der Waals surface area contributed by atoms with Crippen molar-refractivity contribution in [3.8, 4) is 6.07 Å². The number of hydrogen-bond acceptors (Lipinski definition) is 4. The summed E-state index contributed by atoms with van der Waals surface area (Å²) < 4.78 is 0. The number of benzene rings is 1. The largest absolute Gasteiger partial charge is 0.383 e. The van der Waals surface area contributed by atoms with E-state index in [2.05, 4.69) is 11.1 Å². The standard InChI is InChI=1S/C16H18N4O/c1-11(2)20(9-5-8-17)16(21)14-10-19-15(18)13-7-4-3-6-12(13)14/h3-4,6-7,10-11H,5,9H2,1-2H3,(H2,18,19). The first kappa shape index (κ1) is 14.8. The van der Waals surface area contributed by atoms with Crippen LogP contribution in [0.4, 0.5) is 5.82 Å². The highest BCUT2D eigenvalue weighted by molar-refractivity contribution is 6.09. The van der Waals surface area contributed by atoms with Crippen molar-refractivity contribution in [2.45, 2.75) is 26.3 Å². The fourth-order valence-electron chi connectivity index (χ4n) is 2.30. The number of nitriles is 1. The number of hydrogen-bond donors (Lipinski definition) is 1. The van der Waals surface area contributed by atoms with Crippen LogP contribution in [0.15, 0.2) is 30.5 Å². The molecule has 2 rings (SSSR count). The van der Waals surface area contributed by atoms with Crippen LogP contribution in [0.5, 0.6) is 0 Å². The first-order valence-corrected chi connectivity index (χ1v) is 6.87. The lowest BCUT2D eigenvalue weighted by Crippen LogP contribution is -2.37. The number of nitrogen functional groups attached to an aromatic ring is 1. The van der Waals surface area contributed by atoms with Crippen molar-refractivity contribution in [3.63, 3.8) is 0 Å². The van der Waals surface area contributed by atoms with E-state index >= 15 is 0 Å². The van der Waals surface area contributed by atoms with Gasteiger partial charge in [-0.1, -0.05) is 24.3 Å². The monoisotopic (exact) mass is 282 g/mol. The number of aromatic nitrogens is 1. The van der Waals surface area contributed by atoms with Crippen LogP contribution >= 0.6 is 0 Å². The van der Waals surface area contributed by atoms with Crippen LogP contribution in [0.1, 0.15) is 30.6 Å². The number of anilines is 1. The van der Waals surface area contributed by atoms with Gasteiger partial charge in [-0.05, 0) is 19.2 Å². The van der Waals surface area contributed by atoms with Gasteiger partial charge in [0.2, 0.25) is 0 Å². The third-order valence-electron chi connectivity index (χ3n) is 3.41. The molecule has 1 amide bonds. The Morgan fingerprint density at radius 3 is 2.67 bits per heavy atom. The molecule has 0 spiro atoms. The van der Waals surface area contributed by atoms with Crippen LogP contribution in [0.2, 0.25) is 0 Å². The van der Waals surface area contributed by atoms with Crippen LogP contribution in [0.3, 0.4) is 0 Å². The lowest BCUT2D eigenvalue weighted by molar-refractivity contribution is 0.0712. The zero-order chi connectivity index (χ0) is 15.4. The van der Waals surface area contributed by atoms with Crippen molar-refractivity contribution in [1.29, 1.82) is 5.26 Å².